The SMILES string of the molecule is CCCCN(C)C(=O)C1CCN(S(=O)(=O)c2cccc(C)c2)CC1. The summed E-state index contributed by atoms with van der Waals surface area (Å²) >= 11 is 0. The molecule has 1 fully saturated rings. The number of carbonyl (C=O) groups excluding carboxylic acids is 1. The summed E-state index contributed by atoms with van der Waals surface area (Å²) < 4.78 is 27.0. The van der Waals surface area contributed by atoms with Gasteiger partial charge in [0, 0.05) is 32.6 Å². The first-order valence-corrected chi connectivity index (χ1v) is 10.1. The van der Waals surface area contributed by atoms with Crippen molar-refractivity contribution in [2.24, 2.45) is 5.92 Å². The van der Waals surface area contributed by atoms with Crippen molar-refractivity contribution >= 4 is 15.9 Å². The Morgan fingerprint density at radius 1 is 1.29 bits per heavy atom. The van der Waals surface area contributed by atoms with Crippen molar-refractivity contribution in [1.29, 1.82) is 0 Å². The zero-order valence-corrected chi connectivity index (χ0v) is 15.7. The van der Waals surface area contributed by atoms with Crippen LogP contribution < -0.4 is 0 Å². The van der Waals surface area contributed by atoms with Gasteiger partial charge in [-0.2, -0.15) is 4.31 Å². The third-order valence-electron chi connectivity index (χ3n) is 4.65. The zero-order chi connectivity index (χ0) is 17.7. The van der Waals surface area contributed by atoms with Crippen LogP contribution in [0, 0.1) is 12.8 Å². The first-order chi connectivity index (χ1) is 11.4. The Kier molecular flexibility index (Phi) is 6.40. The predicted molar refractivity (Wildman–Crippen MR) is 95.2 cm³/mol. The van der Waals surface area contributed by atoms with E-state index in [0.717, 1.165) is 24.9 Å². The van der Waals surface area contributed by atoms with Gasteiger partial charge in [0.1, 0.15) is 0 Å². The molecule has 0 aliphatic carbocycles. The van der Waals surface area contributed by atoms with Crippen LogP contribution in [0.5, 0.6) is 0 Å². The molecule has 6 heteroatoms. The molecular formula is C18H28N2O3S. The number of rotatable bonds is 6. The highest BCUT2D eigenvalue weighted by Gasteiger charge is 2.33. The third kappa shape index (κ3) is 4.36. The summed E-state index contributed by atoms with van der Waals surface area (Å²) in [7, 11) is -1.62. The van der Waals surface area contributed by atoms with E-state index in [1.807, 2.05) is 20.0 Å². The number of unbranched alkanes of at least 4 members (excludes halogenated alkanes) is 1. The van der Waals surface area contributed by atoms with Crippen LogP contribution in [-0.2, 0) is 14.8 Å². The molecule has 5 nitrogen and oxygen atoms in total. The number of nitrogens with zero attached hydrogens (tertiary/aromatic N) is 2. The summed E-state index contributed by atoms with van der Waals surface area (Å²) in [5, 5.41) is 0. The van der Waals surface area contributed by atoms with Gasteiger partial charge in [-0.05, 0) is 43.9 Å². The van der Waals surface area contributed by atoms with Crippen molar-refractivity contribution in [3.8, 4) is 0 Å². The van der Waals surface area contributed by atoms with Crippen molar-refractivity contribution in [2.45, 2.75) is 44.4 Å². The lowest BCUT2D eigenvalue weighted by Crippen LogP contribution is -2.43. The van der Waals surface area contributed by atoms with Gasteiger partial charge in [0.05, 0.1) is 4.90 Å². The van der Waals surface area contributed by atoms with Crippen LogP contribution in [0.25, 0.3) is 0 Å². The standard InChI is InChI=1S/C18H28N2O3S/c1-4-5-11-19(3)18(21)16-9-12-20(13-10-16)24(22,23)17-8-6-7-15(2)14-17/h6-8,14,16H,4-5,9-13H2,1-3H3. The van der Waals surface area contributed by atoms with Crippen molar-refractivity contribution in [3.05, 3.63) is 29.8 Å². The van der Waals surface area contributed by atoms with Crippen LogP contribution in [-0.4, -0.2) is 50.2 Å². The van der Waals surface area contributed by atoms with Crippen LogP contribution in [0.15, 0.2) is 29.2 Å². The maximum atomic E-state index is 12.7. The van der Waals surface area contributed by atoms with E-state index >= 15 is 0 Å². The molecule has 1 heterocycles. The number of sulfonamides is 1. The molecule has 0 saturated carbocycles. The molecule has 0 atom stereocenters. The predicted octanol–water partition coefficient (Wildman–Crippen LogP) is 2.65. The summed E-state index contributed by atoms with van der Waals surface area (Å²) in [6, 6.07) is 6.99. The molecule has 1 saturated heterocycles. The van der Waals surface area contributed by atoms with Crippen molar-refractivity contribution in [2.75, 3.05) is 26.7 Å². The summed E-state index contributed by atoms with van der Waals surface area (Å²) in [6.07, 6.45) is 3.26. The minimum atomic E-state index is -3.46. The van der Waals surface area contributed by atoms with Crippen LogP contribution in [0.1, 0.15) is 38.2 Å². The van der Waals surface area contributed by atoms with Crippen LogP contribution in [0.2, 0.25) is 0 Å². The molecule has 0 bridgehead atoms. The number of carbonyl (C=O) groups is 1. The molecule has 1 aliphatic rings. The number of benzene rings is 1. The van der Waals surface area contributed by atoms with E-state index in [0.29, 0.717) is 30.8 Å². The lowest BCUT2D eigenvalue weighted by molar-refractivity contribution is -0.135. The molecule has 0 aromatic heterocycles. The highest BCUT2D eigenvalue weighted by Crippen LogP contribution is 2.25. The number of piperidine rings is 1. The average Bonchev–Trinajstić information content (AvgIpc) is 2.59. The maximum absolute atomic E-state index is 12.7. The summed E-state index contributed by atoms with van der Waals surface area (Å²) in [5.41, 5.74) is 0.929. The van der Waals surface area contributed by atoms with Crippen molar-refractivity contribution in [1.82, 2.24) is 9.21 Å². The van der Waals surface area contributed by atoms with E-state index in [4.69, 9.17) is 0 Å². The van der Waals surface area contributed by atoms with Gasteiger partial charge in [-0.25, -0.2) is 8.42 Å². The quantitative estimate of drug-likeness (QED) is 0.791. The van der Waals surface area contributed by atoms with E-state index in [1.54, 1.807) is 23.1 Å². The lowest BCUT2D eigenvalue weighted by atomic mass is 9.96. The summed E-state index contributed by atoms with van der Waals surface area (Å²) in [4.78, 5) is 14.6. The van der Waals surface area contributed by atoms with Crippen LogP contribution >= 0.6 is 0 Å². The Morgan fingerprint density at radius 3 is 2.54 bits per heavy atom. The maximum Gasteiger partial charge on any atom is 0.243 e. The second kappa shape index (κ2) is 8.12. The zero-order valence-electron chi connectivity index (χ0n) is 14.9. The van der Waals surface area contributed by atoms with Gasteiger partial charge in [-0.3, -0.25) is 4.79 Å². The third-order valence-corrected chi connectivity index (χ3v) is 6.55. The molecule has 0 spiro atoms. The highest BCUT2D eigenvalue weighted by atomic mass is 32.2. The normalized spacial score (nSPS) is 17.0. The average molecular weight is 353 g/mol. The van der Waals surface area contributed by atoms with E-state index in [9.17, 15) is 13.2 Å². The minimum Gasteiger partial charge on any atom is -0.346 e. The molecule has 1 aromatic carbocycles. The van der Waals surface area contributed by atoms with Gasteiger partial charge in [0.2, 0.25) is 15.9 Å². The smallest absolute Gasteiger partial charge is 0.243 e. The molecule has 1 aromatic rings. The monoisotopic (exact) mass is 352 g/mol. The second-order valence-corrected chi connectivity index (χ2v) is 8.55. The number of hydrogen-bond acceptors (Lipinski definition) is 3. The molecule has 0 unspecified atom stereocenters. The molecule has 1 amide bonds. The number of hydrogen-bond donors (Lipinski definition) is 0. The van der Waals surface area contributed by atoms with E-state index in [-0.39, 0.29) is 11.8 Å². The summed E-state index contributed by atoms with van der Waals surface area (Å²) in [6.45, 7) is 5.59. The fourth-order valence-corrected chi connectivity index (χ4v) is 4.66. The molecule has 0 N–H and O–H groups in total. The fraction of sp³-hybridized carbons (Fsp3) is 0.611. The lowest BCUT2D eigenvalue weighted by Gasteiger charge is -2.32. The van der Waals surface area contributed by atoms with Crippen LogP contribution in [0.3, 0.4) is 0 Å². The second-order valence-electron chi connectivity index (χ2n) is 6.61. The fourth-order valence-electron chi connectivity index (χ4n) is 3.09. The Balaban J connectivity index is 1.98. The first-order valence-electron chi connectivity index (χ1n) is 8.68. The Labute approximate surface area is 145 Å². The van der Waals surface area contributed by atoms with Gasteiger partial charge in [0.15, 0.2) is 0 Å². The van der Waals surface area contributed by atoms with Gasteiger partial charge in [0.25, 0.3) is 0 Å². The minimum absolute atomic E-state index is 0.0594. The van der Waals surface area contributed by atoms with E-state index in [1.165, 1.54) is 4.31 Å². The topological polar surface area (TPSA) is 57.7 Å². The molecule has 0 radical (unpaired) electrons. The molecule has 24 heavy (non-hydrogen) atoms. The Hall–Kier alpha value is -1.40. The van der Waals surface area contributed by atoms with E-state index < -0.39 is 10.0 Å². The van der Waals surface area contributed by atoms with Crippen molar-refractivity contribution in [3.63, 3.8) is 0 Å². The van der Waals surface area contributed by atoms with Crippen LogP contribution in [0.4, 0.5) is 0 Å². The van der Waals surface area contributed by atoms with E-state index in [2.05, 4.69) is 6.92 Å². The van der Waals surface area contributed by atoms with Crippen molar-refractivity contribution < 1.29 is 13.2 Å². The molecular weight excluding hydrogens is 324 g/mol. The largest absolute Gasteiger partial charge is 0.346 e. The van der Waals surface area contributed by atoms with Gasteiger partial charge >= 0.3 is 0 Å². The molecule has 134 valence electrons. The van der Waals surface area contributed by atoms with Gasteiger partial charge in [-0.1, -0.05) is 25.5 Å². The molecule has 1 aliphatic heterocycles. The van der Waals surface area contributed by atoms with Gasteiger partial charge in [-0.15, -0.1) is 0 Å². The van der Waals surface area contributed by atoms with Gasteiger partial charge < -0.3 is 4.90 Å². The summed E-state index contributed by atoms with van der Waals surface area (Å²) in [5.74, 6) is 0.0897. The highest BCUT2D eigenvalue weighted by molar-refractivity contribution is 7.89. The number of amides is 1. The first kappa shape index (κ1) is 18.9. The molecule has 2 rings (SSSR count). The Morgan fingerprint density at radius 2 is 1.96 bits per heavy atom. The number of aryl methyl sites for hydroxylation is 1. The Bertz CT molecular complexity index is 665.